The van der Waals surface area contributed by atoms with Crippen LogP contribution in [0.25, 0.3) is 11.4 Å². The van der Waals surface area contributed by atoms with Crippen molar-refractivity contribution >= 4 is 34.1 Å². The molecule has 0 aliphatic carbocycles. The van der Waals surface area contributed by atoms with Crippen LogP contribution in [0.1, 0.15) is 41.1 Å². The van der Waals surface area contributed by atoms with Crippen molar-refractivity contribution in [2.75, 3.05) is 11.1 Å². The Labute approximate surface area is 178 Å². The van der Waals surface area contributed by atoms with Crippen molar-refractivity contribution in [1.29, 1.82) is 5.26 Å². The number of amides is 1. The third kappa shape index (κ3) is 4.21. The van der Waals surface area contributed by atoms with Crippen LogP contribution in [0.4, 0.5) is 5.13 Å². The molecule has 0 unspecified atom stereocenters. The van der Waals surface area contributed by atoms with E-state index in [2.05, 4.69) is 20.9 Å². The van der Waals surface area contributed by atoms with Crippen LogP contribution in [0.3, 0.4) is 0 Å². The van der Waals surface area contributed by atoms with E-state index in [1.807, 2.05) is 37.3 Å². The fraction of sp³-hybridized carbons (Fsp3) is 0.333. The second-order valence-electron chi connectivity index (χ2n) is 6.85. The van der Waals surface area contributed by atoms with Crippen LogP contribution < -0.4 is 5.32 Å². The Morgan fingerprint density at radius 1 is 1.28 bits per heavy atom. The molecular weight excluding hydrogens is 402 g/mol. The quantitative estimate of drug-likeness (QED) is 0.590. The number of fused-ring (bicyclic) bond motifs is 1. The number of hydrogen-bond donors (Lipinski definition) is 1. The second kappa shape index (κ2) is 8.80. The molecule has 1 amide bonds. The standard InChI is InChI=1S/C21H21N5OS2/c1-14-20(28-13-11-22)29-21(23-14)25-19(27)17-16-10-6-3-7-12-26(16)18(24-17)15-8-4-2-5-9-15/h2,4-5,8-9H,3,6-7,10,12-13H2,1H3,(H,23,25,27). The zero-order valence-corrected chi connectivity index (χ0v) is 17.8. The average molecular weight is 424 g/mol. The van der Waals surface area contributed by atoms with E-state index < -0.39 is 0 Å². The Balaban J connectivity index is 1.65. The van der Waals surface area contributed by atoms with Crippen molar-refractivity contribution in [1.82, 2.24) is 14.5 Å². The Morgan fingerprint density at radius 2 is 2.10 bits per heavy atom. The van der Waals surface area contributed by atoms with Gasteiger partial charge >= 0.3 is 0 Å². The summed E-state index contributed by atoms with van der Waals surface area (Å²) in [5.41, 5.74) is 3.35. The molecule has 148 valence electrons. The number of benzene rings is 1. The lowest BCUT2D eigenvalue weighted by atomic mass is 10.1. The van der Waals surface area contributed by atoms with Gasteiger partial charge in [0.25, 0.3) is 5.91 Å². The lowest BCUT2D eigenvalue weighted by molar-refractivity contribution is 0.102. The smallest absolute Gasteiger partial charge is 0.277 e. The van der Waals surface area contributed by atoms with E-state index >= 15 is 0 Å². The van der Waals surface area contributed by atoms with Gasteiger partial charge in [0.05, 0.1) is 27.4 Å². The molecule has 8 heteroatoms. The van der Waals surface area contributed by atoms with Crippen LogP contribution in [0.5, 0.6) is 0 Å². The number of carbonyl (C=O) groups is 1. The van der Waals surface area contributed by atoms with Crippen LogP contribution in [0.2, 0.25) is 0 Å². The highest BCUT2D eigenvalue weighted by Gasteiger charge is 2.25. The normalized spacial score (nSPS) is 13.4. The van der Waals surface area contributed by atoms with Crippen molar-refractivity contribution in [3.8, 4) is 17.5 Å². The molecule has 2 aromatic heterocycles. The lowest BCUT2D eigenvalue weighted by Gasteiger charge is -2.08. The number of nitrogens with zero attached hydrogens (tertiary/aromatic N) is 4. The maximum Gasteiger partial charge on any atom is 0.277 e. The van der Waals surface area contributed by atoms with Gasteiger partial charge in [0.15, 0.2) is 5.13 Å². The molecule has 0 spiro atoms. The summed E-state index contributed by atoms with van der Waals surface area (Å²) in [5.74, 6) is 1.00. The van der Waals surface area contributed by atoms with Gasteiger partial charge < -0.3 is 4.57 Å². The van der Waals surface area contributed by atoms with E-state index in [4.69, 9.17) is 10.2 Å². The average Bonchev–Trinajstić information content (AvgIpc) is 3.17. The number of nitriles is 1. The Bertz CT molecular complexity index is 1060. The molecule has 0 radical (unpaired) electrons. The first-order valence-corrected chi connectivity index (χ1v) is 11.4. The minimum absolute atomic E-state index is 0.219. The maximum absolute atomic E-state index is 13.1. The zero-order chi connectivity index (χ0) is 20.2. The van der Waals surface area contributed by atoms with Crippen molar-refractivity contribution in [2.24, 2.45) is 0 Å². The number of thiazole rings is 1. The fourth-order valence-corrected chi connectivity index (χ4v) is 5.33. The first kappa shape index (κ1) is 19.7. The number of rotatable bonds is 5. The summed E-state index contributed by atoms with van der Waals surface area (Å²) in [4.78, 5) is 22.3. The molecule has 3 heterocycles. The first-order chi connectivity index (χ1) is 14.2. The molecule has 1 aromatic carbocycles. The van der Waals surface area contributed by atoms with Crippen LogP contribution in [0, 0.1) is 18.3 Å². The monoisotopic (exact) mass is 423 g/mol. The van der Waals surface area contributed by atoms with Gasteiger partial charge in [-0.25, -0.2) is 9.97 Å². The molecule has 29 heavy (non-hydrogen) atoms. The van der Waals surface area contributed by atoms with Crippen molar-refractivity contribution in [2.45, 2.75) is 43.4 Å². The lowest BCUT2D eigenvalue weighted by Crippen LogP contribution is -2.15. The van der Waals surface area contributed by atoms with E-state index in [-0.39, 0.29) is 5.91 Å². The topological polar surface area (TPSA) is 83.6 Å². The minimum atomic E-state index is -0.219. The molecule has 0 bridgehead atoms. The molecule has 0 saturated carbocycles. The highest BCUT2D eigenvalue weighted by molar-refractivity contribution is 8.01. The highest BCUT2D eigenvalue weighted by Crippen LogP contribution is 2.33. The molecule has 0 saturated heterocycles. The molecule has 1 aliphatic heterocycles. The summed E-state index contributed by atoms with van der Waals surface area (Å²) in [6.07, 6.45) is 4.16. The first-order valence-electron chi connectivity index (χ1n) is 9.60. The zero-order valence-electron chi connectivity index (χ0n) is 16.1. The number of nitrogens with one attached hydrogen (secondary N) is 1. The molecule has 3 aromatic rings. The van der Waals surface area contributed by atoms with Crippen molar-refractivity contribution in [3.05, 3.63) is 47.4 Å². The van der Waals surface area contributed by atoms with Gasteiger partial charge in [0.1, 0.15) is 11.5 Å². The van der Waals surface area contributed by atoms with Crippen LogP contribution in [-0.2, 0) is 13.0 Å². The molecule has 6 nitrogen and oxygen atoms in total. The predicted molar refractivity (Wildman–Crippen MR) is 116 cm³/mol. The minimum Gasteiger partial charge on any atom is -0.327 e. The second-order valence-corrected chi connectivity index (χ2v) is 9.09. The van der Waals surface area contributed by atoms with Crippen LogP contribution in [-0.4, -0.2) is 26.2 Å². The van der Waals surface area contributed by atoms with Crippen molar-refractivity contribution < 1.29 is 4.79 Å². The highest BCUT2D eigenvalue weighted by atomic mass is 32.2. The molecule has 4 rings (SSSR count). The third-order valence-corrected chi connectivity index (χ3v) is 7.16. The number of carbonyl (C=O) groups excluding carboxylic acids is 1. The summed E-state index contributed by atoms with van der Waals surface area (Å²) >= 11 is 2.84. The SMILES string of the molecule is Cc1nc(NC(=O)c2nc(-c3ccccc3)n3c2CCCCC3)sc1SCC#N. The van der Waals surface area contributed by atoms with Gasteiger partial charge in [0.2, 0.25) is 0 Å². The van der Waals surface area contributed by atoms with E-state index in [9.17, 15) is 4.79 Å². The van der Waals surface area contributed by atoms with Gasteiger partial charge in [-0.15, -0.1) is 0 Å². The molecule has 0 fully saturated rings. The predicted octanol–water partition coefficient (Wildman–Crippen LogP) is 4.91. The van der Waals surface area contributed by atoms with E-state index in [0.29, 0.717) is 16.6 Å². The summed E-state index contributed by atoms with van der Waals surface area (Å²) < 4.78 is 3.16. The maximum atomic E-state index is 13.1. The van der Waals surface area contributed by atoms with Gasteiger partial charge in [-0.05, 0) is 26.2 Å². The number of aromatic nitrogens is 3. The van der Waals surface area contributed by atoms with Gasteiger partial charge in [-0.3, -0.25) is 10.1 Å². The van der Waals surface area contributed by atoms with E-state index in [0.717, 1.165) is 59.2 Å². The summed E-state index contributed by atoms with van der Waals surface area (Å²) in [7, 11) is 0. The van der Waals surface area contributed by atoms with E-state index in [1.54, 1.807) is 0 Å². The van der Waals surface area contributed by atoms with Gasteiger partial charge in [-0.2, -0.15) is 5.26 Å². The van der Waals surface area contributed by atoms with E-state index in [1.165, 1.54) is 23.1 Å². The molecule has 1 aliphatic rings. The third-order valence-electron chi connectivity index (χ3n) is 4.86. The van der Waals surface area contributed by atoms with Crippen LogP contribution >= 0.6 is 23.1 Å². The van der Waals surface area contributed by atoms with Crippen molar-refractivity contribution in [3.63, 3.8) is 0 Å². The van der Waals surface area contributed by atoms with Gasteiger partial charge in [0, 0.05) is 12.1 Å². The summed E-state index contributed by atoms with van der Waals surface area (Å²) in [6.45, 7) is 2.77. The number of thioether (sulfide) groups is 1. The summed E-state index contributed by atoms with van der Waals surface area (Å²) in [5, 5.41) is 12.3. The number of aryl methyl sites for hydroxylation is 1. The van der Waals surface area contributed by atoms with Crippen LogP contribution in [0.15, 0.2) is 34.5 Å². The Hall–Kier alpha value is -2.63. The fourth-order valence-electron chi connectivity index (χ4n) is 3.53. The largest absolute Gasteiger partial charge is 0.327 e. The number of hydrogen-bond acceptors (Lipinski definition) is 6. The number of imidazole rings is 1. The Morgan fingerprint density at radius 3 is 2.90 bits per heavy atom. The molecular formula is C21H21N5OS2. The Kier molecular flexibility index (Phi) is 5.97. The van der Waals surface area contributed by atoms with Gasteiger partial charge in [-0.1, -0.05) is 59.9 Å². The molecule has 0 atom stereocenters. The summed E-state index contributed by atoms with van der Waals surface area (Å²) in [6, 6.07) is 12.2. The molecule has 1 N–H and O–H groups in total. The number of anilines is 1.